The first-order valence-electron chi connectivity index (χ1n) is 12.2. The number of guanidine groups is 1. The van der Waals surface area contributed by atoms with E-state index in [2.05, 4.69) is 25.6 Å². The van der Waals surface area contributed by atoms with Gasteiger partial charge < -0.3 is 24.7 Å². The van der Waals surface area contributed by atoms with Gasteiger partial charge in [0.15, 0.2) is 5.82 Å². The van der Waals surface area contributed by atoms with Crippen LogP contribution in [0.3, 0.4) is 0 Å². The molecule has 2 N–H and O–H groups in total. The van der Waals surface area contributed by atoms with E-state index in [1.807, 2.05) is 36.3 Å². The number of imidazole rings is 1. The lowest BCUT2D eigenvalue weighted by Crippen LogP contribution is -2.45. The van der Waals surface area contributed by atoms with Crippen molar-refractivity contribution in [3.63, 3.8) is 0 Å². The van der Waals surface area contributed by atoms with Crippen molar-refractivity contribution < 1.29 is 18.3 Å². The number of pyridine rings is 1. The van der Waals surface area contributed by atoms with Crippen molar-refractivity contribution in [1.29, 1.82) is 0 Å². The Hall–Kier alpha value is -3.70. The molecule has 4 heterocycles. The monoisotopic (exact) mass is 509 g/mol. The molecule has 194 valence electrons. The topological polar surface area (TPSA) is 96.7 Å². The van der Waals surface area contributed by atoms with Crippen LogP contribution in [0.4, 0.5) is 14.6 Å². The van der Waals surface area contributed by atoms with Crippen molar-refractivity contribution in [3.8, 4) is 0 Å². The van der Waals surface area contributed by atoms with Gasteiger partial charge in [-0.15, -0.1) is 0 Å². The first-order chi connectivity index (χ1) is 17.8. The first kappa shape index (κ1) is 25.0. The summed E-state index contributed by atoms with van der Waals surface area (Å²) in [6.07, 6.45) is 3.83. The van der Waals surface area contributed by atoms with Crippen LogP contribution in [0.15, 0.2) is 47.5 Å². The number of aromatic nitrogens is 3. The summed E-state index contributed by atoms with van der Waals surface area (Å²) in [5.41, 5.74) is 2.20. The summed E-state index contributed by atoms with van der Waals surface area (Å²) in [4.78, 5) is 26.6. The number of nitrogens with zero attached hydrogens (tertiary/aromatic N) is 5. The second-order valence-corrected chi connectivity index (χ2v) is 9.47. The number of hydrogen-bond donors (Lipinski definition) is 2. The van der Waals surface area contributed by atoms with Gasteiger partial charge >= 0.3 is 0 Å². The molecule has 0 radical (unpaired) electrons. The second-order valence-electron chi connectivity index (χ2n) is 9.47. The van der Waals surface area contributed by atoms with Crippen LogP contribution in [0.2, 0.25) is 0 Å². The van der Waals surface area contributed by atoms with Gasteiger partial charge in [-0.05, 0) is 50.1 Å². The number of nitrogens with one attached hydrogen (secondary N) is 2. The summed E-state index contributed by atoms with van der Waals surface area (Å²) in [5.74, 6) is 0.442. The molecule has 5 rings (SSSR count). The van der Waals surface area contributed by atoms with E-state index in [0.29, 0.717) is 49.0 Å². The molecule has 0 aliphatic carbocycles. The summed E-state index contributed by atoms with van der Waals surface area (Å²) in [6.45, 7) is 8.04. The molecule has 0 saturated carbocycles. The molecule has 37 heavy (non-hydrogen) atoms. The number of carbonyl (C=O) groups is 1. The number of fused-ring (bicyclic) bond motifs is 1. The summed E-state index contributed by atoms with van der Waals surface area (Å²) in [6, 6.07) is 5.51. The maximum Gasteiger partial charge on any atom is 0.202 e. The molecular weight excluding hydrogens is 480 g/mol. The lowest BCUT2D eigenvalue weighted by atomic mass is 10.0. The number of aliphatic imine (C=N–C) groups is 1. The van der Waals surface area contributed by atoms with Crippen molar-refractivity contribution in [2.75, 3.05) is 25.1 Å². The molecule has 1 aromatic carbocycles. The number of aryl methyl sites for hydroxylation is 1. The number of rotatable bonds is 6. The lowest BCUT2D eigenvalue weighted by molar-refractivity contribution is -0.118. The molecule has 2 aliphatic heterocycles. The average Bonchev–Trinajstić information content (AvgIpc) is 3.23. The number of morpholine rings is 1. The van der Waals surface area contributed by atoms with Gasteiger partial charge in [0.05, 0.1) is 24.8 Å². The Morgan fingerprint density at radius 3 is 2.86 bits per heavy atom. The summed E-state index contributed by atoms with van der Waals surface area (Å²) < 4.78 is 37.1. The number of benzene rings is 1. The third-order valence-electron chi connectivity index (χ3n) is 6.54. The highest BCUT2D eigenvalue weighted by molar-refractivity contribution is 5.94. The molecule has 0 bridgehead atoms. The molecule has 2 unspecified atom stereocenters. The van der Waals surface area contributed by atoms with Crippen molar-refractivity contribution in [1.82, 2.24) is 24.8 Å². The zero-order valence-corrected chi connectivity index (χ0v) is 20.9. The quantitative estimate of drug-likeness (QED) is 0.488. The van der Waals surface area contributed by atoms with Crippen LogP contribution in [-0.4, -0.2) is 57.5 Å². The second kappa shape index (κ2) is 10.3. The van der Waals surface area contributed by atoms with E-state index in [9.17, 15) is 13.6 Å². The fourth-order valence-electron chi connectivity index (χ4n) is 4.77. The molecule has 11 heteroatoms. The highest BCUT2D eigenvalue weighted by atomic mass is 19.1. The van der Waals surface area contributed by atoms with E-state index in [4.69, 9.17) is 4.74 Å². The van der Waals surface area contributed by atoms with Crippen LogP contribution >= 0.6 is 0 Å². The molecule has 9 nitrogen and oxygen atoms in total. The largest absolute Gasteiger partial charge is 0.378 e. The van der Waals surface area contributed by atoms with Crippen LogP contribution < -0.4 is 10.6 Å². The van der Waals surface area contributed by atoms with E-state index in [1.165, 1.54) is 12.3 Å². The van der Waals surface area contributed by atoms with Gasteiger partial charge in [-0.25, -0.2) is 23.7 Å². The number of aldehydes is 1. The number of anilines is 1. The number of ether oxygens (including phenoxy) is 1. The molecule has 2 aromatic heterocycles. The van der Waals surface area contributed by atoms with E-state index < -0.39 is 17.7 Å². The molecule has 2 aliphatic rings. The van der Waals surface area contributed by atoms with Crippen molar-refractivity contribution in [2.45, 2.75) is 45.4 Å². The Balaban J connectivity index is 1.35. The smallest absolute Gasteiger partial charge is 0.202 e. The van der Waals surface area contributed by atoms with E-state index >= 15 is 0 Å². The van der Waals surface area contributed by atoms with Gasteiger partial charge in [0, 0.05) is 31.5 Å². The number of hydrogen-bond acceptors (Lipinski definition) is 8. The van der Waals surface area contributed by atoms with Gasteiger partial charge in [-0.1, -0.05) is 6.07 Å². The Morgan fingerprint density at radius 2 is 2.14 bits per heavy atom. The molecular formula is C26H29F2N7O2. The van der Waals surface area contributed by atoms with E-state index in [0.717, 1.165) is 11.8 Å². The van der Waals surface area contributed by atoms with Gasteiger partial charge in [0.2, 0.25) is 5.96 Å². The fraction of sp³-hybridized carbons (Fsp3) is 0.385. The van der Waals surface area contributed by atoms with E-state index in [-0.39, 0.29) is 23.6 Å². The summed E-state index contributed by atoms with van der Waals surface area (Å²) in [7, 11) is 0. The Bertz CT molecular complexity index is 1370. The molecule has 0 spiro atoms. The third-order valence-corrected chi connectivity index (χ3v) is 6.54. The average molecular weight is 510 g/mol. The standard InChI is InChI=1S/C26H29F2N7O2/c1-15(2)35-16(3)31-25-20(27)8-18(9-22(25)35)24-21(28)11-30-26(33-24)32-23-5-4-17(10-29-23)12-34-6-7-37-14-19(34)13-36/h4-5,8-11,13,15,19,24H,6-7,12,14H2,1-3H3,(H2,29,30,32,33). The zero-order valence-electron chi connectivity index (χ0n) is 20.9. The minimum absolute atomic E-state index is 0.0652. The zero-order chi connectivity index (χ0) is 26.1. The van der Waals surface area contributed by atoms with Gasteiger partial charge in [0.1, 0.15) is 35.3 Å². The van der Waals surface area contributed by atoms with Gasteiger partial charge in [-0.2, -0.15) is 0 Å². The van der Waals surface area contributed by atoms with Crippen LogP contribution in [0.25, 0.3) is 11.0 Å². The van der Waals surface area contributed by atoms with E-state index in [1.54, 1.807) is 18.3 Å². The molecule has 2 atom stereocenters. The minimum Gasteiger partial charge on any atom is -0.378 e. The van der Waals surface area contributed by atoms with Crippen molar-refractivity contribution in [2.24, 2.45) is 4.99 Å². The maximum absolute atomic E-state index is 14.9. The van der Waals surface area contributed by atoms with Gasteiger partial charge in [-0.3, -0.25) is 4.90 Å². The lowest BCUT2D eigenvalue weighted by Gasteiger charge is -2.32. The van der Waals surface area contributed by atoms with Crippen molar-refractivity contribution in [3.05, 3.63) is 65.3 Å². The van der Waals surface area contributed by atoms with Crippen LogP contribution in [0, 0.1) is 12.7 Å². The summed E-state index contributed by atoms with van der Waals surface area (Å²) >= 11 is 0. The first-order valence-corrected chi connectivity index (χ1v) is 12.2. The Morgan fingerprint density at radius 1 is 1.30 bits per heavy atom. The number of halogens is 2. The Kier molecular flexibility index (Phi) is 6.98. The van der Waals surface area contributed by atoms with Crippen molar-refractivity contribution >= 4 is 29.1 Å². The molecule has 3 aromatic rings. The maximum atomic E-state index is 14.9. The summed E-state index contributed by atoms with van der Waals surface area (Å²) in [5, 5.41) is 5.84. The fourth-order valence-corrected chi connectivity index (χ4v) is 4.77. The van der Waals surface area contributed by atoms with Crippen LogP contribution in [0.1, 0.15) is 42.9 Å². The van der Waals surface area contributed by atoms with Crippen LogP contribution in [0.5, 0.6) is 0 Å². The minimum atomic E-state index is -1.01. The van der Waals surface area contributed by atoms with Crippen LogP contribution in [-0.2, 0) is 16.1 Å². The van der Waals surface area contributed by atoms with Gasteiger partial charge in [0.25, 0.3) is 0 Å². The highest BCUT2D eigenvalue weighted by Gasteiger charge is 2.25. The molecule has 1 fully saturated rings. The molecule has 0 amide bonds. The normalized spacial score (nSPS) is 20.5. The predicted octanol–water partition coefficient (Wildman–Crippen LogP) is 3.78. The Labute approximate surface area is 213 Å². The highest BCUT2D eigenvalue weighted by Crippen LogP contribution is 2.33. The third kappa shape index (κ3) is 5.09. The predicted molar refractivity (Wildman–Crippen MR) is 136 cm³/mol. The molecule has 1 saturated heterocycles. The number of carbonyl (C=O) groups excluding carboxylic acids is 1. The SMILES string of the molecule is Cc1nc2c(F)cc(C3N=C(Nc4ccc(CN5CCOCC5C=O)cn4)NC=C3F)cc2n1C(C)C.